The second-order valence-corrected chi connectivity index (χ2v) is 4.29. The molecule has 1 aromatic heterocycles. The van der Waals surface area contributed by atoms with Crippen molar-refractivity contribution in [1.29, 1.82) is 0 Å². The van der Waals surface area contributed by atoms with Crippen LogP contribution in [-0.4, -0.2) is 18.6 Å². The van der Waals surface area contributed by atoms with Gasteiger partial charge in [-0.15, -0.1) is 0 Å². The maximum atomic E-state index is 5.83. The van der Waals surface area contributed by atoms with Gasteiger partial charge in [0.2, 0.25) is 5.89 Å². The molecule has 17 heavy (non-hydrogen) atoms. The smallest absolute Gasteiger partial charge is 0.226 e. The highest BCUT2D eigenvalue weighted by Gasteiger charge is 2.06. The van der Waals surface area contributed by atoms with Gasteiger partial charge in [0.25, 0.3) is 0 Å². The standard InChI is InChI=1S/C13H15ClN2O/c1-15-8-2-3-12-9-17-13(16-12)10-4-6-11(14)7-5-10/h4-7,9,15H,2-3,8H2,1H3. The highest BCUT2D eigenvalue weighted by Crippen LogP contribution is 2.21. The summed E-state index contributed by atoms with van der Waals surface area (Å²) in [5, 5.41) is 3.83. The van der Waals surface area contributed by atoms with Gasteiger partial charge in [0.05, 0.1) is 5.69 Å². The molecule has 0 aliphatic carbocycles. The van der Waals surface area contributed by atoms with Crippen molar-refractivity contribution in [3.05, 3.63) is 41.2 Å². The molecular formula is C13H15ClN2O. The summed E-state index contributed by atoms with van der Waals surface area (Å²) in [4.78, 5) is 4.44. The minimum absolute atomic E-state index is 0.654. The van der Waals surface area contributed by atoms with Gasteiger partial charge in [-0.1, -0.05) is 11.6 Å². The lowest BCUT2D eigenvalue weighted by Gasteiger charge is -1.96. The van der Waals surface area contributed by atoms with E-state index >= 15 is 0 Å². The van der Waals surface area contributed by atoms with Crippen molar-refractivity contribution in [2.75, 3.05) is 13.6 Å². The first-order valence-corrected chi connectivity index (χ1v) is 6.02. The van der Waals surface area contributed by atoms with Crippen LogP contribution in [0.25, 0.3) is 11.5 Å². The lowest BCUT2D eigenvalue weighted by Crippen LogP contribution is -2.08. The molecule has 2 aromatic rings. The fourth-order valence-corrected chi connectivity index (χ4v) is 1.72. The summed E-state index contributed by atoms with van der Waals surface area (Å²) in [6.07, 6.45) is 3.71. The summed E-state index contributed by atoms with van der Waals surface area (Å²) in [6, 6.07) is 7.49. The molecule has 2 rings (SSSR count). The van der Waals surface area contributed by atoms with E-state index in [9.17, 15) is 0 Å². The molecule has 0 aliphatic heterocycles. The van der Waals surface area contributed by atoms with Crippen molar-refractivity contribution in [3.8, 4) is 11.5 Å². The number of aryl methyl sites for hydroxylation is 1. The number of halogens is 1. The van der Waals surface area contributed by atoms with E-state index in [0.29, 0.717) is 5.89 Å². The molecule has 0 saturated heterocycles. The van der Waals surface area contributed by atoms with E-state index < -0.39 is 0 Å². The molecule has 0 amide bonds. The number of rotatable bonds is 5. The van der Waals surface area contributed by atoms with E-state index in [2.05, 4.69) is 10.3 Å². The van der Waals surface area contributed by atoms with E-state index in [1.54, 1.807) is 6.26 Å². The molecule has 1 aromatic carbocycles. The molecule has 0 atom stereocenters. The minimum Gasteiger partial charge on any atom is -0.444 e. The number of aromatic nitrogens is 1. The fourth-order valence-electron chi connectivity index (χ4n) is 1.59. The Bertz CT molecular complexity index is 465. The van der Waals surface area contributed by atoms with Crippen LogP contribution in [-0.2, 0) is 6.42 Å². The second kappa shape index (κ2) is 5.84. The molecule has 4 heteroatoms. The quantitative estimate of drug-likeness (QED) is 0.829. The van der Waals surface area contributed by atoms with Crippen LogP contribution in [0.5, 0.6) is 0 Å². The van der Waals surface area contributed by atoms with Crippen LogP contribution in [0, 0.1) is 0 Å². The first kappa shape index (κ1) is 12.1. The van der Waals surface area contributed by atoms with Crippen LogP contribution in [0.2, 0.25) is 5.02 Å². The van der Waals surface area contributed by atoms with Crippen LogP contribution < -0.4 is 5.32 Å². The third kappa shape index (κ3) is 3.32. The van der Waals surface area contributed by atoms with E-state index in [1.807, 2.05) is 31.3 Å². The second-order valence-electron chi connectivity index (χ2n) is 3.86. The van der Waals surface area contributed by atoms with Crippen LogP contribution in [0.1, 0.15) is 12.1 Å². The van der Waals surface area contributed by atoms with Crippen LogP contribution in [0.3, 0.4) is 0 Å². The van der Waals surface area contributed by atoms with E-state index in [0.717, 1.165) is 35.7 Å². The highest BCUT2D eigenvalue weighted by atomic mass is 35.5. The lowest BCUT2D eigenvalue weighted by atomic mass is 10.2. The van der Waals surface area contributed by atoms with Crippen LogP contribution in [0.4, 0.5) is 0 Å². The third-order valence-corrected chi connectivity index (χ3v) is 2.75. The van der Waals surface area contributed by atoms with E-state index in [4.69, 9.17) is 16.0 Å². The minimum atomic E-state index is 0.654. The average molecular weight is 251 g/mol. The Kier molecular flexibility index (Phi) is 4.18. The van der Waals surface area contributed by atoms with Crippen LogP contribution >= 0.6 is 11.6 Å². The van der Waals surface area contributed by atoms with Crippen molar-refractivity contribution in [2.24, 2.45) is 0 Å². The number of benzene rings is 1. The summed E-state index contributed by atoms with van der Waals surface area (Å²) in [7, 11) is 1.95. The SMILES string of the molecule is CNCCCc1coc(-c2ccc(Cl)cc2)n1. The number of hydrogen-bond acceptors (Lipinski definition) is 3. The Hall–Kier alpha value is -1.32. The molecule has 0 bridgehead atoms. The van der Waals surface area contributed by atoms with Gasteiger partial charge in [0.15, 0.2) is 0 Å². The van der Waals surface area contributed by atoms with E-state index in [1.165, 1.54) is 0 Å². The largest absolute Gasteiger partial charge is 0.444 e. The summed E-state index contributed by atoms with van der Waals surface area (Å²) >= 11 is 5.83. The number of nitrogens with zero attached hydrogens (tertiary/aromatic N) is 1. The topological polar surface area (TPSA) is 38.1 Å². The predicted octanol–water partition coefficient (Wildman–Crippen LogP) is 3.15. The highest BCUT2D eigenvalue weighted by molar-refractivity contribution is 6.30. The molecule has 0 spiro atoms. The molecule has 0 radical (unpaired) electrons. The molecule has 0 saturated carbocycles. The Labute approximate surface area is 106 Å². The summed E-state index contributed by atoms with van der Waals surface area (Å²) in [5.41, 5.74) is 1.94. The maximum Gasteiger partial charge on any atom is 0.226 e. The van der Waals surface area contributed by atoms with Crippen molar-refractivity contribution < 1.29 is 4.42 Å². The molecule has 0 unspecified atom stereocenters. The molecule has 1 heterocycles. The number of nitrogens with one attached hydrogen (secondary N) is 1. The Morgan fingerprint density at radius 2 is 2.06 bits per heavy atom. The van der Waals surface area contributed by atoms with Crippen molar-refractivity contribution in [2.45, 2.75) is 12.8 Å². The average Bonchev–Trinajstić information content (AvgIpc) is 2.79. The summed E-state index contributed by atoms with van der Waals surface area (Å²) in [6.45, 7) is 0.989. The predicted molar refractivity (Wildman–Crippen MR) is 69.2 cm³/mol. The first-order valence-electron chi connectivity index (χ1n) is 5.64. The molecular weight excluding hydrogens is 236 g/mol. The zero-order chi connectivity index (χ0) is 12.1. The Morgan fingerprint density at radius 1 is 1.29 bits per heavy atom. The van der Waals surface area contributed by atoms with Gasteiger partial charge in [-0.3, -0.25) is 0 Å². The number of oxazole rings is 1. The summed E-state index contributed by atoms with van der Waals surface area (Å²) < 4.78 is 5.45. The van der Waals surface area contributed by atoms with Gasteiger partial charge >= 0.3 is 0 Å². The third-order valence-electron chi connectivity index (χ3n) is 2.50. The van der Waals surface area contributed by atoms with Crippen molar-refractivity contribution in [3.63, 3.8) is 0 Å². The molecule has 3 nitrogen and oxygen atoms in total. The monoisotopic (exact) mass is 250 g/mol. The van der Waals surface area contributed by atoms with Crippen LogP contribution in [0.15, 0.2) is 34.9 Å². The lowest BCUT2D eigenvalue weighted by molar-refractivity contribution is 0.571. The van der Waals surface area contributed by atoms with Gasteiger partial charge in [-0.05, 0) is 50.7 Å². The Morgan fingerprint density at radius 3 is 2.76 bits per heavy atom. The van der Waals surface area contributed by atoms with Gasteiger partial charge in [-0.2, -0.15) is 0 Å². The van der Waals surface area contributed by atoms with Crippen molar-refractivity contribution in [1.82, 2.24) is 10.3 Å². The zero-order valence-corrected chi connectivity index (χ0v) is 10.5. The van der Waals surface area contributed by atoms with Crippen molar-refractivity contribution >= 4 is 11.6 Å². The fraction of sp³-hybridized carbons (Fsp3) is 0.308. The molecule has 0 fully saturated rings. The van der Waals surface area contributed by atoms with E-state index in [-0.39, 0.29) is 0 Å². The molecule has 90 valence electrons. The van der Waals surface area contributed by atoms with Gasteiger partial charge in [0.1, 0.15) is 6.26 Å². The zero-order valence-electron chi connectivity index (χ0n) is 9.74. The first-order chi connectivity index (χ1) is 8.29. The summed E-state index contributed by atoms with van der Waals surface area (Å²) in [5.74, 6) is 0.654. The maximum absolute atomic E-state index is 5.83. The normalized spacial score (nSPS) is 10.7. The van der Waals surface area contributed by atoms with Gasteiger partial charge in [0, 0.05) is 10.6 Å². The number of hydrogen-bond donors (Lipinski definition) is 1. The van der Waals surface area contributed by atoms with Gasteiger partial charge < -0.3 is 9.73 Å². The Balaban J connectivity index is 2.04. The van der Waals surface area contributed by atoms with Gasteiger partial charge in [-0.25, -0.2) is 4.98 Å². The molecule has 0 aliphatic rings. The molecule has 1 N–H and O–H groups in total.